The molecule has 2 aromatic heterocycles. The molecular weight excluding hydrogens is 413 g/mol. The second kappa shape index (κ2) is 7.31. The molecule has 0 bridgehead atoms. The van der Waals surface area contributed by atoms with E-state index >= 15 is 0 Å². The second-order valence-corrected chi connectivity index (χ2v) is 8.94. The van der Waals surface area contributed by atoms with E-state index in [4.69, 9.17) is 5.73 Å². The van der Waals surface area contributed by atoms with Crippen molar-refractivity contribution in [3.05, 3.63) is 28.8 Å². The molecule has 0 aliphatic heterocycles. The van der Waals surface area contributed by atoms with Gasteiger partial charge in [-0.1, -0.05) is 26.7 Å². The highest BCUT2D eigenvalue weighted by atomic mass is 19.4. The first-order chi connectivity index (χ1) is 14.5. The summed E-state index contributed by atoms with van der Waals surface area (Å²) in [6, 6.07) is 0.0698. The molecule has 0 aromatic carbocycles. The highest BCUT2D eigenvalue weighted by Gasteiger charge is 2.45. The number of rotatable bonds is 4. The fourth-order valence-corrected chi connectivity index (χ4v) is 4.36. The van der Waals surface area contributed by atoms with E-state index < -0.39 is 34.5 Å². The van der Waals surface area contributed by atoms with E-state index in [1.165, 1.54) is 0 Å². The maximum Gasteiger partial charge on any atom is 0.435 e. The van der Waals surface area contributed by atoms with Crippen LogP contribution in [-0.4, -0.2) is 37.5 Å². The van der Waals surface area contributed by atoms with Gasteiger partial charge in [-0.05, 0) is 24.7 Å². The molecule has 0 radical (unpaired) electrons. The van der Waals surface area contributed by atoms with Crippen LogP contribution in [-0.2, 0) is 12.6 Å². The standard InChI is InChI=1S/C20H23F3N6O2/c1-19(2)7-11-14(12(30)8-19)16(20(21,22)23)28-29(11)13-9-25-15(17(24)31)18(27-13)26-10-5-3-4-6-10/h9-10H,3-8H2,1-2H3,(H2,24,31)(H,26,27). The van der Waals surface area contributed by atoms with Gasteiger partial charge in [-0.2, -0.15) is 18.3 Å². The minimum atomic E-state index is -4.79. The van der Waals surface area contributed by atoms with Gasteiger partial charge >= 0.3 is 6.18 Å². The van der Waals surface area contributed by atoms with Crippen molar-refractivity contribution in [1.29, 1.82) is 0 Å². The van der Waals surface area contributed by atoms with Crippen LogP contribution in [0.25, 0.3) is 5.82 Å². The summed E-state index contributed by atoms with van der Waals surface area (Å²) in [6.45, 7) is 3.63. The lowest BCUT2D eigenvalue weighted by Gasteiger charge is -2.29. The Morgan fingerprint density at radius 1 is 1.26 bits per heavy atom. The SMILES string of the molecule is CC1(C)CC(=O)c2c(C(F)(F)F)nn(-c3cnc(C(N)=O)c(NC4CCCC4)n3)c2C1. The lowest BCUT2D eigenvalue weighted by molar-refractivity contribution is -0.141. The zero-order valence-corrected chi connectivity index (χ0v) is 17.2. The van der Waals surface area contributed by atoms with Gasteiger partial charge in [0.2, 0.25) is 0 Å². The number of aromatic nitrogens is 4. The molecule has 2 heterocycles. The summed E-state index contributed by atoms with van der Waals surface area (Å²) < 4.78 is 42.0. The number of halogens is 3. The van der Waals surface area contributed by atoms with Crippen molar-refractivity contribution < 1.29 is 22.8 Å². The Kier molecular flexibility index (Phi) is 5.01. The number of nitrogens with one attached hydrogen (secondary N) is 1. The second-order valence-electron chi connectivity index (χ2n) is 8.94. The van der Waals surface area contributed by atoms with Gasteiger partial charge in [0.05, 0.1) is 17.5 Å². The number of alkyl halides is 3. The van der Waals surface area contributed by atoms with E-state index in [1.807, 2.05) is 13.8 Å². The first-order valence-corrected chi connectivity index (χ1v) is 10.1. The minimum absolute atomic E-state index is 0.00441. The fraction of sp³-hybridized carbons (Fsp3) is 0.550. The molecule has 1 saturated carbocycles. The Morgan fingerprint density at radius 3 is 2.55 bits per heavy atom. The molecule has 11 heteroatoms. The number of anilines is 1. The van der Waals surface area contributed by atoms with Crippen LogP contribution in [0.1, 0.15) is 78.2 Å². The molecule has 2 aliphatic rings. The molecule has 1 fully saturated rings. The largest absolute Gasteiger partial charge is 0.435 e. The van der Waals surface area contributed by atoms with E-state index in [1.54, 1.807) is 0 Å². The van der Waals surface area contributed by atoms with Gasteiger partial charge in [0, 0.05) is 12.5 Å². The normalized spacial score (nSPS) is 18.8. The van der Waals surface area contributed by atoms with Gasteiger partial charge in [-0.3, -0.25) is 9.59 Å². The highest BCUT2D eigenvalue weighted by molar-refractivity contribution is 6.00. The van der Waals surface area contributed by atoms with Crippen LogP contribution in [0, 0.1) is 5.41 Å². The first-order valence-electron chi connectivity index (χ1n) is 10.1. The van der Waals surface area contributed by atoms with E-state index in [9.17, 15) is 22.8 Å². The van der Waals surface area contributed by atoms with Crippen LogP contribution in [0.2, 0.25) is 0 Å². The maximum absolute atomic E-state index is 13.7. The average Bonchev–Trinajstić information content (AvgIpc) is 3.27. The number of carbonyl (C=O) groups excluding carboxylic acids is 2. The molecule has 4 rings (SSSR count). The first kappa shape index (κ1) is 21.3. The number of nitrogens with two attached hydrogens (primary N) is 1. The third-order valence-electron chi connectivity index (χ3n) is 5.72. The molecule has 166 valence electrons. The summed E-state index contributed by atoms with van der Waals surface area (Å²) >= 11 is 0. The molecule has 8 nitrogen and oxygen atoms in total. The van der Waals surface area contributed by atoms with Crippen LogP contribution in [0.5, 0.6) is 0 Å². The third-order valence-corrected chi connectivity index (χ3v) is 5.72. The third kappa shape index (κ3) is 4.00. The van der Waals surface area contributed by atoms with E-state index in [-0.39, 0.29) is 41.9 Å². The van der Waals surface area contributed by atoms with Gasteiger partial charge < -0.3 is 11.1 Å². The van der Waals surface area contributed by atoms with Gasteiger partial charge in [0.25, 0.3) is 5.91 Å². The molecule has 3 N–H and O–H groups in total. The van der Waals surface area contributed by atoms with Crippen molar-refractivity contribution in [3.8, 4) is 5.82 Å². The van der Waals surface area contributed by atoms with Gasteiger partial charge in [-0.25, -0.2) is 14.6 Å². The molecule has 31 heavy (non-hydrogen) atoms. The quantitative estimate of drug-likeness (QED) is 0.760. The van der Waals surface area contributed by atoms with Crippen LogP contribution in [0.15, 0.2) is 6.20 Å². The summed E-state index contributed by atoms with van der Waals surface area (Å²) in [4.78, 5) is 32.8. The van der Waals surface area contributed by atoms with E-state index in [0.717, 1.165) is 36.6 Å². The van der Waals surface area contributed by atoms with Crippen molar-refractivity contribution in [1.82, 2.24) is 19.7 Å². The Balaban J connectivity index is 1.86. The number of hydrogen-bond acceptors (Lipinski definition) is 6. The van der Waals surface area contributed by atoms with E-state index in [0.29, 0.717) is 0 Å². The molecule has 2 aliphatic carbocycles. The Morgan fingerprint density at radius 2 is 1.94 bits per heavy atom. The number of amides is 1. The molecule has 0 atom stereocenters. The summed E-state index contributed by atoms with van der Waals surface area (Å²) in [6.07, 6.45) is 0.365. The van der Waals surface area contributed by atoms with Crippen LogP contribution >= 0.6 is 0 Å². The predicted octanol–water partition coefficient (Wildman–Crippen LogP) is 3.29. The molecular formula is C20H23F3N6O2. The van der Waals surface area contributed by atoms with Crippen molar-refractivity contribution in [2.45, 2.75) is 64.6 Å². The van der Waals surface area contributed by atoms with Crippen molar-refractivity contribution in [2.75, 3.05) is 5.32 Å². The van der Waals surface area contributed by atoms with Gasteiger partial charge in [0.15, 0.2) is 28.8 Å². The summed E-state index contributed by atoms with van der Waals surface area (Å²) in [5.74, 6) is -1.30. The zero-order valence-electron chi connectivity index (χ0n) is 17.2. The van der Waals surface area contributed by atoms with Gasteiger partial charge in [0.1, 0.15) is 0 Å². The zero-order chi connectivity index (χ0) is 22.6. The van der Waals surface area contributed by atoms with E-state index in [2.05, 4.69) is 20.4 Å². The van der Waals surface area contributed by atoms with Crippen molar-refractivity contribution >= 4 is 17.5 Å². The number of fused-ring (bicyclic) bond motifs is 1. The number of carbonyl (C=O) groups is 2. The summed E-state index contributed by atoms with van der Waals surface area (Å²) in [7, 11) is 0. The number of Topliss-reactive ketones (excluding diaryl/α,β-unsaturated/α-hetero) is 1. The van der Waals surface area contributed by atoms with Crippen LogP contribution in [0.3, 0.4) is 0 Å². The van der Waals surface area contributed by atoms with Crippen LogP contribution in [0.4, 0.5) is 19.0 Å². The van der Waals surface area contributed by atoms with Gasteiger partial charge in [-0.15, -0.1) is 0 Å². The Bertz CT molecular complexity index is 1050. The summed E-state index contributed by atoms with van der Waals surface area (Å²) in [5, 5.41) is 6.86. The van der Waals surface area contributed by atoms with Crippen molar-refractivity contribution in [3.63, 3.8) is 0 Å². The maximum atomic E-state index is 13.7. The molecule has 0 spiro atoms. The summed E-state index contributed by atoms with van der Waals surface area (Å²) in [5.41, 5.74) is 3.28. The minimum Gasteiger partial charge on any atom is -0.365 e. The predicted molar refractivity (Wildman–Crippen MR) is 105 cm³/mol. The molecule has 0 saturated heterocycles. The van der Waals surface area contributed by atoms with Crippen LogP contribution < -0.4 is 11.1 Å². The molecule has 1 amide bonds. The lowest BCUT2D eigenvalue weighted by atomic mass is 9.75. The Hall–Kier alpha value is -2.98. The number of primary amides is 1. The molecule has 2 aromatic rings. The monoisotopic (exact) mass is 436 g/mol. The number of ketones is 1. The average molecular weight is 436 g/mol. The number of nitrogens with zero attached hydrogens (tertiary/aromatic N) is 4. The molecule has 0 unspecified atom stereocenters. The lowest BCUT2D eigenvalue weighted by Crippen LogP contribution is -2.29. The number of hydrogen-bond donors (Lipinski definition) is 2. The fourth-order valence-electron chi connectivity index (χ4n) is 4.36. The smallest absolute Gasteiger partial charge is 0.365 e. The highest BCUT2D eigenvalue weighted by Crippen LogP contribution is 2.41. The Labute approximate surface area is 176 Å². The van der Waals surface area contributed by atoms with Crippen molar-refractivity contribution in [2.24, 2.45) is 11.1 Å². The topological polar surface area (TPSA) is 116 Å².